The molecule has 0 atom stereocenters. The van der Waals surface area contributed by atoms with Gasteiger partial charge in [0.05, 0.1) is 30.3 Å². The number of nitriles is 1. The summed E-state index contributed by atoms with van der Waals surface area (Å²) in [5.74, 6) is 0.563. The first-order valence-corrected chi connectivity index (χ1v) is 13.9. The number of rotatable bonds is 6. The molecule has 2 amide bonds. The molecule has 2 aromatic rings. The SMILES string of the molecule is C=CC=C1/C(=C\CC#N)COC12CCN(C(=O)c1ccc(C)c(NC(=O)c3ccc(N4CCCC4)nc3)c1)CC2. The number of carbonyl (C=O) groups is 2. The Morgan fingerprint density at radius 2 is 1.90 bits per heavy atom. The third kappa shape index (κ3) is 5.56. The van der Waals surface area contributed by atoms with Crippen LogP contribution in [0.15, 0.2) is 72.5 Å². The number of nitrogens with one attached hydrogen (secondary N) is 1. The summed E-state index contributed by atoms with van der Waals surface area (Å²) in [7, 11) is 0. The normalized spacial score (nSPS) is 20.2. The molecule has 5 rings (SSSR count). The highest BCUT2D eigenvalue weighted by Gasteiger charge is 2.45. The molecule has 3 fully saturated rings. The number of hydrogen-bond donors (Lipinski definition) is 1. The number of benzene rings is 1. The van der Waals surface area contributed by atoms with Gasteiger partial charge in [0.25, 0.3) is 11.8 Å². The van der Waals surface area contributed by atoms with Crippen LogP contribution >= 0.6 is 0 Å². The van der Waals surface area contributed by atoms with Crippen molar-refractivity contribution >= 4 is 23.3 Å². The van der Waals surface area contributed by atoms with Crippen LogP contribution in [-0.2, 0) is 4.74 Å². The van der Waals surface area contributed by atoms with Crippen molar-refractivity contribution in [3.05, 3.63) is 89.2 Å². The number of piperidine rings is 1. The number of pyridine rings is 1. The van der Waals surface area contributed by atoms with Crippen molar-refractivity contribution in [1.29, 1.82) is 5.26 Å². The van der Waals surface area contributed by atoms with Crippen molar-refractivity contribution in [2.75, 3.05) is 43.0 Å². The minimum absolute atomic E-state index is 0.0746. The lowest BCUT2D eigenvalue weighted by molar-refractivity contribution is -0.0190. The van der Waals surface area contributed by atoms with Gasteiger partial charge in [-0.1, -0.05) is 30.9 Å². The number of likely N-dealkylation sites (tertiary alicyclic amines) is 1. The third-order valence-corrected chi connectivity index (χ3v) is 8.10. The second kappa shape index (κ2) is 11.9. The van der Waals surface area contributed by atoms with E-state index in [1.807, 2.05) is 42.2 Å². The maximum absolute atomic E-state index is 13.5. The minimum Gasteiger partial charge on any atom is -0.365 e. The first kappa shape index (κ1) is 27.4. The molecule has 1 spiro atoms. The van der Waals surface area contributed by atoms with Crippen LogP contribution in [0.4, 0.5) is 11.5 Å². The molecular weight excluding hydrogens is 502 g/mol. The number of ether oxygens (including phenoxy) is 1. The predicted octanol–water partition coefficient (Wildman–Crippen LogP) is 5.20. The highest BCUT2D eigenvalue weighted by atomic mass is 16.5. The van der Waals surface area contributed by atoms with Crippen molar-refractivity contribution in [2.45, 2.75) is 44.6 Å². The molecule has 8 heteroatoms. The second-order valence-electron chi connectivity index (χ2n) is 10.6. The van der Waals surface area contributed by atoms with Gasteiger partial charge >= 0.3 is 0 Å². The van der Waals surface area contributed by atoms with Crippen LogP contribution in [0.3, 0.4) is 0 Å². The number of amides is 2. The molecule has 3 aliphatic rings. The van der Waals surface area contributed by atoms with E-state index in [2.05, 4.69) is 27.8 Å². The molecule has 0 bridgehead atoms. The Morgan fingerprint density at radius 1 is 1.15 bits per heavy atom. The van der Waals surface area contributed by atoms with Gasteiger partial charge in [0.15, 0.2) is 0 Å². The van der Waals surface area contributed by atoms with E-state index in [1.165, 1.54) is 12.8 Å². The molecule has 0 saturated carbocycles. The van der Waals surface area contributed by atoms with Gasteiger partial charge < -0.3 is 19.9 Å². The average Bonchev–Trinajstić information content (AvgIpc) is 3.63. The fraction of sp³-hybridized carbons (Fsp3) is 0.375. The summed E-state index contributed by atoms with van der Waals surface area (Å²) in [5, 5.41) is 12.0. The molecular formula is C32H35N5O3. The van der Waals surface area contributed by atoms with Gasteiger partial charge in [0.1, 0.15) is 5.82 Å². The van der Waals surface area contributed by atoms with Crippen molar-refractivity contribution in [1.82, 2.24) is 9.88 Å². The fourth-order valence-corrected chi connectivity index (χ4v) is 5.78. The standard InChI is InChI=1S/C32H35N5O3/c1-3-7-27-26(8-6-15-33)22-40-32(27)13-18-37(19-14-32)31(39)24-10-9-23(2)28(20-24)35-30(38)25-11-12-29(34-21-25)36-16-4-5-17-36/h3,7-12,20-21H,1,4-6,13-14,16-19,22H2,2H3,(H,35,38)/b26-8-,27-7?. The number of carbonyl (C=O) groups excluding carboxylic acids is 2. The summed E-state index contributed by atoms with van der Waals surface area (Å²) >= 11 is 0. The van der Waals surface area contributed by atoms with Crippen molar-refractivity contribution in [2.24, 2.45) is 0 Å². The molecule has 8 nitrogen and oxygen atoms in total. The van der Waals surface area contributed by atoms with E-state index in [0.717, 1.165) is 35.6 Å². The molecule has 0 radical (unpaired) electrons. The van der Waals surface area contributed by atoms with Gasteiger partial charge in [0.2, 0.25) is 0 Å². The maximum Gasteiger partial charge on any atom is 0.257 e. The van der Waals surface area contributed by atoms with Crippen molar-refractivity contribution < 1.29 is 14.3 Å². The molecule has 0 unspecified atom stereocenters. The van der Waals surface area contributed by atoms with E-state index < -0.39 is 5.60 Å². The largest absolute Gasteiger partial charge is 0.365 e. The number of anilines is 2. The Hall–Kier alpha value is -4.22. The monoisotopic (exact) mass is 537 g/mol. The first-order chi connectivity index (χ1) is 19.4. The summed E-state index contributed by atoms with van der Waals surface area (Å²) in [6.45, 7) is 9.31. The van der Waals surface area contributed by atoms with Gasteiger partial charge in [-0.25, -0.2) is 4.98 Å². The van der Waals surface area contributed by atoms with Gasteiger partial charge in [-0.3, -0.25) is 9.59 Å². The molecule has 40 heavy (non-hydrogen) atoms. The third-order valence-electron chi connectivity index (χ3n) is 8.10. The molecule has 4 heterocycles. The summed E-state index contributed by atoms with van der Waals surface area (Å²) in [5.41, 5.74) is 4.12. The highest BCUT2D eigenvalue weighted by Crippen LogP contribution is 2.43. The van der Waals surface area contributed by atoms with E-state index in [0.29, 0.717) is 55.8 Å². The first-order valence-electron chi connectivity index (χ1n) is 13.9. The molecule has 1 aromatic heterocycles. The lowest BCUT2D eigenvalue weighted by Gasteiger charge is -2.39. The van der Waals surface area contributed by atoms with Crippen molar-refractivity contribution in [3.63, 3.8) is 0 Å². The predicted molar refractivity (Wildman–Crippen MR) is 155 cm³/mol. The highest BCUT2D eigenvalue weighted by molar-refractivity contribution is 6.05. The van der Waals surface area contributed by atoms with Crippen LogP contribution in [0.25, 0.3) is 0 Å². The Labute approximate surface area is 235 Å². The zero-order valence-electron chi connectivity index (χ0n) is 23.0. The van der Waals surface area contributed by atoms with Gasteiger partial charge in [0, 0.05) is 43.6 Å². The Balaban J connectivity index is 1.25. The fourth-order valence-electron chi connectivity index (χ4n) is 5.78. The molecule has 1 aromatic carbocycles. The second-order valence-corrected chi connectivity index (χ2v) is 10.6. The Bertz CT molecular complexity index is 1390. The maximum atomic E-state index is 13.5. The van der Waals surface area contributed by atoms with Gasteiger partial charge in [-0.2, -0.15) is 5.26 Å². The number of hydrogen-bond acceptors (Lipinski definition) is 6. The zero-order chi connectivity index (χ0) is 28.1. The van der Waals surface area contributed by atoms with E-state index in [1.54, 1.807) is 24.4 Å². The topological polar surface area (TPSA) is 98.6 Å². The van der Waals surface area contributed by atoms with E-state index >= 15 is 0 Å². The number of allylic oxidation sites excluding steroid dienone is 3. The molecule has 3 saturated heterocycles. The van der Waals surface area contributed by atoms with Crippen LogP contribution < -0.4 is 10.2 Å². The number of aromatic nitrogens is 1. The lowest BCUT2D eigenvalue weighted by atomic mass is 9.82. The Kier molecular flexibility index (Phi) is 8.13. The Morgan fingerprint density at radius 3 is 2.58 bits per heavy atom. The number of aryl methyl sites for hydroxylation is 1. The summed E-state index contributed by atoms with van der Waals surface area (Å²) < 4.78 is 6.26. The van der Waals surface area contributed by atoms with Crippen LogP contribution in [0, 0.1) is 18.3 Å². The van der Waals surface area contributed by atoms with Crippen LogP contribution in [0.2, 0.25) is 0 Å². The minimum atomic E-state index is -0.461. The van der Waals surface area contributed by atoms with Crippen LogP contribution in [0.1, 0.15) is 58.4 Å². The molecule has 0 aliphatic carbocycles. The average molecular weight is 538 g/mol. The van der Waals surface area contributed by atoms with Crippen molar-refractivity contribution in [3.8, 4) is 6.07 Å². The zero-order valence-corrected chi connectivity index (χ0v) is 23.0. The molecule has 206 valence electrons. The van der Waals surface area contributed by atoms with Crippen LogP contribution in [0.5, 0.6) is 0 Å². The van der Waals surface area contributed by atoms with E-state index in [9.17, 15) is 9.59 Å². The summed E-state index contributed by atoms with van der Waals surface area (Å²) in [6, 6.07) is 11.3. The summed E-state index contributed by atoms with van der Waals surface area (Å²) in [4.78, 5) is 35.0. The smallest absolute Gasteiger partial charge is 0.257 e. The molecule has 3 aliphatic heterocycles. The van der Waals surface area contributed by atoms with Gasteiger partial charge in [-0.05, 0) is 73.6 Å². The number of nitrogens with zero attached hydrogens (tertiary/aromatic N) is 4. The van der Waals surface area contributed by atoms with Crippen LogP contribution in [-0.4, -0.2) is 60.1 Å². The lowest BCUT2D eigenvalue weighted by Crippen LogP contribution is -2.47. The van der Waals surface area contributed by atoms with E-state index in [4.69, 9.17) is 10.00 Å². The molecule has 1 N–H and O–H groups in total. The quantitative estimate of drug-likeness (QED) is 0.544. The van der Waals surface area contributed by atoms with E-state index in [-0.39, 0.29) is 11.8 Å². The summed E-state index contributed by atoms with van der Waals surface area (Å²) in [6.07, 6.45) is 11.2. The van der Waals surface area contributed by atoms with Gasteiger partial charge in [-0.15, -0.1) is 0 Å².